The smallest absolute Gasteiger partial charge is 0.433 e. The lowest BCUT2D eigenvalue weighted by molar-refractivity contribution is -0.402. The largest absolute Gasteiger partial charge is 0.497 e. The number of nitrogens with one attached hydrogen (secondary N) is 2. The Bertz CT molecular complexity index is 874. The van der Waals surface area contributed by atoms with Crippen molar-refractivity contribution in [2.45, 2.75) is 6.92 Å². The van der Waals surface area contributed by atoms with Gasteiger partial charge in [-0.05, 0) is 24.3 Å². The molecule has 0 aliphatic rings. The van der Waals surface area contributed by atoms with Crippen LogP contribution < -0.4 is 20.3 Å². The molecule has 136 valence electrons. The van der Waals surface area contributed by atoms with E-state index in [1.807, 2.05) is 5.43 Å². The van der Waals surface area contributed by atoms with E-state index < -0.39 is 28.6 Å². The normalized spacial score (nSPS) is 9.92. The maximum atomic E-state index is 12.3. The molecule has 1 heterocycles. The quantitative estimate of drug-likeness (QED) is 0.348. The standard InChI is InChI=1S/C15H13N3O8/c1-8(19)25-11-4-3-9(24-2)7-10(11)14(20)16-17-15(21)12-5-6-13(26-12)18(22)23/h3-7H,1-2H3,(H,16,20)(H,17,21). The van der Waals surface area contributed by atoms with E-state index in [1.54, 1.807) is 0 Å². The van der Waals surface area contributed by atoms with Gasteiger partial charge in [0.05, 0.1) is 18.7 Å². The van der Waals surface area contributed by atoms with Gasteiger partial charge in [-0.25, -0.2) is 0 Å². The molecule has 0 aliphatic heterocycles. The molecule has 11 heteroatoms. The molecule has 0 saturated heterocycles. The average Bonchev–Trinajstić information content (AvgIpc) is 3.09. The Morgan fingerprint density at radius 1 is 1.12 bits per heavy atom. The highest BCUT2D eigenvalue weighted by molar-refractivity contribution is 6.00. The molecule has 1 aromatic carbocycles. The molecule has 26 heavy (non-hydrogen) atoms. The van der Waals surface area contributed by atoms with Crippen molar-refractivity contribution in [1.29, 1.82) is 0 Å². The number of hydrogen-bond acceptors (Lipinski definition) is 8. The molecule has 0 fully saturated rings. The van der Waals surface area contributed by atoms with Crippen molar-refractivity contribution in [3.8, 4) is 11.5 Å². The van der Waals surface area contributed by atoms with Crippen LogP contribution in [-0.2, 0) is 4.79 Å². The Morgan fingerprint density at radius 2 is 1.81 bits per heavy atom. The maximum Gasteiger partial charge on any atom is 0.433 e. The van der Waals surface area contributed by atoms with E-state index in [9.17, 15) is 24.5 Å². The van der Waals surface area contributed by atoms with E-state index in [2.05, 4.69) is 5.43 Å². The molecule has 2 N–H and O–H groups in total. The first-order valence-corrected chi connectivity index (χ1v) is 7.03. The van der Waals surface area contributed by atoms with E-state index in [0.29, 0.717) is 5.75 Å². The number of carbonyl (C=O) groups excluding carboxylic acids is 3. The van der Waals surface area contributed by atoms with Crippen LogP contribution in [0.3, 0.4) is 0 Å². The van der Waals surface area contributed by atoms with Crippen molar-refractivity contribution in [2.24, 2.45) is 0 Å². The lowest BCUT2D eigenvalue weighted by atomic mass is 10.2. The Morgan fingerprint density at radius 3 is 2.38 bits per heavy atom. The summed E-state index contributed by atoms with van der Waals surface area (Å²) in [6, 6.07) is 6.22. The fraction of sp³-hybridized carbons (Fsp3) is 0.133. The number of benzene rings is 1. The van der Waals surface area contributed by atoms with Crippen molar-refractivity contribution in [1.82, 2.24) is 10.9 Å². The summed E-state index contributed by atoms with van der Waals surface area (Å²) in [6.45, 7) is 1.16. The number of esters is 1. The minimum Gasteiger partial charge on any atom is -0.497 e. The molecule has 2 amide bonds. The third kappa shape index (κ3) is 4.35. The Kier molecular flexibility index (Phi) is 5.53. The van der Waals surface area contributed by atoms with Crippen LogP contribution in [0.5, 0.6) is 11.5 Å². The summed E-state index contributed by atoms with van der Waals surface area (Å²) in [7, 11) is 1.38. The lowest BCUT2D eigenvalue weighted by Gasteiger charge is -2.11. The third-order valence-corrected chi connectivity index (χ3v) is 2.97. The van der Waals surface area contributed by atoms with E-state index in [-0.39, 0.29) is 17.1 Å². The van der Waals surface area contributed by atoms with E-state index in [4.69, 9.17) is 13.9 Å². The van der Waals surface area contributed by atoms with Gasteiger partial charge in [0.25, 0.3) is 5.91 Å². The van der Waals surface area contributed by atoms with Gasteiger partial charge in [-0.15, -0.1) is 0 Å². The number of furan rings is 1. The molecular formula is C15H13N3O8. The molecule has 11 nitrogen and oxygen atoms in total. The zero-order valence-corrected chi connectivity index (χ0v) is 13.6. The maximum absolute atomic E-state index is 12.3. The Hall–Kier alpha value is -3.89. The zero-order valence-electron chi connectivity index (χ0n) is 13.6. The van der Waals surface area contributed by atoms with Crippen LogP contribution in [-0.4, -0.2) is 29.8 Å². The summed E-state index contributed by atoms with van der Waals surface area (Å²) in [4.78, 5) is 45.0. The average molecular weight is 363 g/mol. The monoisotopic (exact) mass is 363 g/mol. The fourth-order valence-electron chi connectivity index (χ4n) is 1.85. The SMILES string of the molecule is COc1ccc(OC(C)=O)c(C(=O)NNC(=O)c2ccc([N+](=O)[O-])o2)c1. The second kappa shape index (κ2) is 7.79. The van der Waals surface area contributed by atoms with Crippen LogP contribution in [0, 0.1) is 10.1 Å². The number of nitrogens with zero attached hydrogens (tertiary/aromatic N) is 1. The van der Waals surface area contributed by atoms with E-state index in [1.165, 1.54) is 25.3 Å². The van der Waals surface area contributed by atoms with Gasteiger partial charge in [-0.3, -0.25) is 35.3 Å². The number of hydrogen-bond donors (Lipinski definition) is 2. The number of carbonyl (C=O) groups is 3. The number of amides is 2. The first-order chi connectivity index (χ1) is 12.3. The molecule has 0 bridgehead atoms. The number of methoxy groups -OCH3 is 1. The summed E-state index contributed by atoms with van der Waals surface area (Å²) in [5, 5.41) is 10.5. The molecular weight excluding hydrogens is 350 g/mol. The van der Waals surface area contributed by atoms with Crippen molar-refractivity contribution < 1.29 is 33.2 Å². The topological polar surface area (TPSA) is 150 Å². The predicted molar refractivity (Wildman–Crippen MR) is 84.6 cm³/mol. The van der Waals surface area contributed by atoms with Crippen LogP contribution in [0.2, 0.25) is 0 Å². The predicted octanol–water partition coefficient (Wildman–Crippen LogP) is 1.20. The minimum atomic E-state index is -0.914. The van der Waals surface area contributed by atoms with Crippen molar-refractivity contribution in [2.75, 3.05) is 7.11 Å². The third-order valence-electron chi connectivity index (χ3n) is 2.97. The summed E-state index contributed by atoms with van der Waals surface area (Å²) in [5.41, 5.74) is 4.04. The summed E-state index contributed by atoms with van der Waals surface area (Å²) >= 11 is 0. The lowest BCUT2D eigenvalue weighted by Crippen LogP contribution is -2.41. The number of hydrazine groups is 1. The highest BCUT2D eigenvalue weighted by Gasteiger charge is 2.20. The van der Waals surface area contributed by atoms with E-state index in [0.717, 1.165) is 19.1 Å². The van der Waals surface area contributed by atoms with Gasteiger partial charge in [0.2, 0.25) is 5.76 Å². The number of ether oxygens (including phenoxy) is 2. The molecule has 0 atom stereocenters. The summed E-state index contributed by atoms with van der Waals surface area (Å²) in [6.07, 6.45) is 0. The van der Waals surface area contributed by atoms with E-state index >= 15 is 0 Å². The molecule has 0 saturated carbocycles. The first-order valence-electron chi connectivity index (χ1n) is 7.03. The van der Waals surface area contributed by atoms with Gasteiger partial charge in [0, 0.05) is 6.92 Å². The first kappa shape index (κ1) is 18.4. The van der Waals surface area contributed by atoms with Crippen LogP contribution in [0.1, 0.15) is 27.8 Å². The van der Waals surface area contributed by atoms with Gasteiger partial charge in [0.15, 0.2) is 0 Å². The molecule has 0 unspecified atom stereocenters. The van der Waals surface area contributed by atoms with Crippen LogP contribution in [0.4, 0.5) is 5.88 Å². The second-order valence-electron chi connectivity index (χ2n) is 4.76. The fourth-order valence-corrected chi connectivity index (χ4v) is 1.85. The highest BCUT2D eigenvalue weighted by Crippen LogP contribution is 2.24. The molecule has 1 aromatic heterocycles. The van der Waals surface area contributed by atoms with Gasteiger partial charge in [0.1, 0.15) is 16.4 Å². The van der Waals surface area contributed by atoms with Gasteiger partial charge in [-0.2, -0.15) is 0 Å². The highest BCUT2D eigenvalue weighted by atomic mass is 16.6. The molecule has 0 radical (unpaired) electrons. The van der Waals surface area contributed by atoms with Gasteiger partial charge in [-0.1, -0.05) is 0 Å². The van der Waals surface area contributed by atoms with Gasteiger partial charge >= 0.3 is 17.8 Å². The van der Waals surface area contributed by atoms with Crippen LogP contribution in [0.25, 0.3) is 0 Å². The molecule has 2 rings (SSSR count). The molecule has 2 aromatic rings. The number of rotatable bonds is 5. The summed E-state index contributed by atoms with van der Waals surface area (Å²) in [5.74, 6) is -3.08. The van der Waals surface area contributed by atoms with Gasteiger partial charge < -0.3 is 13.9 Å². The van der Waals surface area contributed by atoms with Crippen molar-refractivity contribution in [3.05, 3.63) is 51.8 Å². The van der Waals surface area contributed by atoms with Crippen molar-refractivity contribution >= 4 is 23.7 Å². The molecule has 0 aliphatic carbocycles. The van der Waals surface area contributed by atoms with Crippen LogP contribution >= 0.6 is 0 Å². The summed E-state index contributed by atoms with van der Waals surface area (Å²) < 4.78 is 14.6. The Balaban J connectivity index is 2.12. The second-order valence-corrected chi connectivity index (χ2v) is 4.76. The number of nitro groups is 1. The zero-order chi connectivity index (χ0) is 19.3. The molecule has 0 spiro atoms. The minimum absolute atomic E-state index is 0.0429. The van der Waals surface area contributed by atoms with Crippen molar-refractivity contribution in [3.63, 3.8) is 0 Å². The Labute approximate surface area is 146 Å². The van der Waals surface area contributed by atoms with Crippen LogP contribution in [0.15, 0.2) is 34.7 Å².